The molecule has 2 atom stereocenters. The van der Waals surface area contributed by atoms with Crippen molar-refractivity contribution in [3.8, 4) is 17.2 Å². The number of benzene rings is 2. The van der Waals surface area contributed by atoms with Gasteiger partial charge in [0.2, 0.25) is 0 Å². The van der Waals surface area contributed by atoms with Crippen molar-refractivity contribution in [2.24, 2.45) is 0 Å². The Labute approximate surface area is 153 Å². The molecule has 0 amide bonds. The first-order valence-electron chi connectivity index (χ1n) is 8.30. The number of carbonyl (C=O) groups excluding carboxylic acids is 1. The molecule has 1 aliphatic rings. The molecule has 0 saturated carbocycles. The number of aryl methyl sites for hydroxylation is 1. The van der Waals surface area contributed by atoms with Gasteiger partial charge in [0.1, 0.15) is 18.1 Å². The fourth-order valence-corrected chi connectivity index (χ4v) is 3.21. The summed E-state index contributed by atoms with van der Waals surface area (Å²) in [7, 11) is 4.80. The first-order valence-corrected chi connectivity index (χ1v) is 8.30. The standard InChI is InChI=1S/C21H22O5/c1-13-5-6-15(11-18(13)24-3)20-17(12-22)16-9-14(7-8-23-2)10-19(25-4)21(16)26-20/h5-12,17,20H,1-4H3/b8-7+/t17-,20+/m0/s1. The van der Waals surface area contributed by atoms with Gasteiger partial charge < -0.3 is 23.7 Å². The number of hydrogen-bond acceptors (Lipinski definition) is 5. The predicted molar refractivity (Wildman–Crippen MR) is 98.9 cm³/mol. The number of hydrogen-bond donors (Lipinski definition) is 0. The quantitative estimate of drug-likeness (QED) is 0.579. The van der Waals surface area contributed by atoms with Crippen LogP contribution >= 0.6 is 0 Å². The molecule has 3 rings (SSSR count). The van der Waals surface area contributed by atoms with Crippen LogP contribution in [0.15, 0.2) is 36.6 Å². The minimum absolute atomic E-state index is 0.424. The molecular weight excluding hydrogens is 332 g/mol. The molecule has 0 aromatic heterocycles. The molecule has 5 nitrogen and oxygen atoms in total. The highest BCUT2D eigenvalue weighted by molar-refractivity contribution is 5.73. The van der Waals surface area contributed by atoms with E-state index in [1.165, 1.54) is 0 Å². The Morgan fingerprint density at radius 1 is 1.04 bits per heavy atom. The van der Waals surface area contributed by atoms with E-state index in [0.717, 1.165) is 34.3 Å². The second-order valence-corrected chi connectivity index (χ2v) is 6.11. The highest BCUT2D eigenvalue weighted by Crippen LogP contribution is 2.50. The van der Waals surface area contributed by atoms with Crippen LogP contribution in [0.5, 0.6) is 17.2 Å². The smallest absolute Gasteiger partial charge is 0.166 e. The van der Waals surface area contributed by atoms with E-state index in [0.29, 0.717) is 11.5 Å². The van der Waals surface area contributed by atoms with Crippen molar-refractivity contribution in [1.29, 1.82) is 0 Å². The third-order valence-electron chi connectivity index (χ3n) is 4.56. The molecule has 1 aliphatic heterocycles. The second kappa shape index (κ2) is 7.52. The van der Waals surface area contributed by atoms with Crippen molar-refractivity contribution in [2.45, 2.75) is 18.9 Å². The van der Waals surface area contributed by atoms with Crippen LogP contribution in [0.1, 0.15) is 34.3 Å². The van der Waals surface area contributed by atoms with E-state index in [4.69, 9.17) is 18.9 Å². The number of rotatable bonds is 6. The number of methoxy groups -OCH3 is 3. The number of ether oxygens (including phenoxy) is 4. The van der Waals surface area contributed by atoms with Crippen molar-refractivity contribution in [3.63, 3.8) is 0 Å². The molecule has 0 bridgehead atoms. The summed E-state index contributed by atoms with van der Waals surface area (Å²) in [5.41, 5.74) is 3.59. The van der Waals surface area contributed by atoms with Crippen LogP contribution in [0.25, 0.3) is 6.08 Å². The van der Waals surface area contributed by atoms with Crippen molar-refractivity contribution < 1.29 is 23.7 Å². The van der Waals surface area contributed by atoms with Gasteiger partial charge in [0.25, 0.3) is 0 Å². The summed E-state index contributed by atoms with van der Waals surface area (Å²) in [5, 5.41) is 0. The number of carbonyl (C=O) groups is 1. The molecule has 1 heterocycles. The van der Waals surface area contributed by atoms with Crippen molar-refractivity contribution >= 4 is 12.4 Å². The molecule has 2 aromatic carbocycles. The van der Waals surface area contributed by atoms with Crippen LogP contribution in [0.2, 0.25) is 0 Å². The minimum atomic E-state index is -0.429. The molecule has 0 unspecified atom stereocenters. The topological polar surface area (TPSA) is 54.0 Å². The molecular formula is C21H22O5. The van der Waals surface area contributed by atoms with E-state index in [-0.39, 0.29) is 0 Å². The van der Waals surface area contributed by atoms with Gasteiger partial charge in [0.15, 0.2) is 11.5 Å². The summed E-state index contributed by atoms with van der Waals surface area (Å²) in [6.07, 6.45) is 3.89. The zero-order valence-corrected chi connectivity index (χ0v) is 15.3. The molecule has 26 heavy (non-hydrogen) atoms. The maximum Gasteiger partial charge on any atom is 0.166 e. The van der Waals surface area contributed by atoms with Gasteiger partial charge in [0, 0.05) is 5.56 Å². The van der Waals surface area contributed by atoms with Gasteiger partial charge in [-0.15, -0.1) is 0 Å². The summed E-state index contributed by atoms with van der Waals surface area (Å²) in [6.45, 7) is 1.97. The Morgan fingerprint density at radius 2 is 1.81 bits per heavy atom. The first-order chi connectivity index (χ1) is 12.6. The van der Waals surface area contributed by atoms with Gasteiger partial charge in [-0.25, -0.2) is 0 Å². The molecule has 0 fully saturated rings. The van der Waals surface area contributed by atoms with Crippen LogP contribution in [0, 0.1) is 6.92 Å². The average molecular weight is 354 g/mol. The lowest BCUT2D eigenvalue weighted by molar-refractivity contribution is -0.110. The molecule has 136 valence electrons. The fraction of sp³-hybridized carbons (Fsp3) is 0.286. The Balaban J connectivity index is 2.06. The van der Waals surface area contributed by atoms with Gasteiger partial charge >= 0.3 is 0 Å². The summed E-state index contributed by atoms with van der Waals surface area (Å²) < 4.78 is 22.0. The maximum atomic E-state index is 11.9. The first kappa shape index (κ1) is 17.9. The van der Waals surface area contributed by atoms with E-state index in [2.05, 4.69) is 0 Å². The van der Waals surface area contributed by atoms with Crippen molar-refractivity contribution in [2.75, 3.05) is 21.3 Å². The van der Waals surface area contributed by atoms with Crippen molar-refractivity contribution in [3.05, 3.63) is 58.8 Å². The van der Waals surface area contributed by atoms with Gasteiger partial charge in [-0.3, -0.25) is 0 Å². The zero-order valence-electron chi connectivity index (χ0n) is 15.3. The molecule has 0 N–H and O–H groups in total. The third-order valence-corrected chi connectivity index (χ3v) is 4.56. The third kappa shape index (κ3) is 3.12. The summed E-state index contributed by atoms with van der Waals surface area (Å²) in [5.74, 6) is 1.53. The van der Waals surface area contributed by atoms with Crippen LogP contribution in [0.4, 0.5) is 0 Å². The molecule has 5 heteroatoms. The minimum Gasteiger partial charge on any atom is -0.504 e. The van der Waals surface area contributed by atoms with Crippen molar-refractivity contribution in [1.82, 2.24) is 0 Å². The van der Waals surface area contributed by atoms with Crippen LogP contribution in [-0.4, -0.2) is 27.6 Å². The lowest BCUT2D eigenvalue weighted by Crippen LogP contribution is -2.11. The Bertz CT molecular complexity index is 841. The van der Waals surface area contributed by atoms with E-state index in [1.54, 1.807) is 27.6 Å². The Morgan fingerprint density at radius 3 is 2.46 bits per heavy atom. The highest BCUT2D eigenvalue weighted by Gasteiger charge is 2.38. The van der Waals surface area contributed by atoms with Gasteiger partial charge in [0.05, 0.1) is 33.5 Å². The van der Waals surface area contributed by atoms with E-state index < -0.39 is 12.0 Å². The largest absolute Gasteiger partial charge is 0.504 e. The molecule has 0 saturated heterocycles. The second-order valence-electron chi connectivity index (χ2n) is 6.11. The van der Waals surface area contributed by atoms with Gasteiger partial charge in [-0.1, -0.05) is 12.1 Å². The van der Waals surface area contributed by atoms with Crippen LogP contribution in [-0.2, 0) is 9.53 Å². The number of aldehydes is 1. The van der Waals surface area contributed by atoms with Crippen LogP contribution < -0.4 is 14.2 Å². The summed E-state index contributed by atoms with van der Waals surface area (Å²) in [6, 6.07) is 9.63. The summed E-state index contributed by atoms with van der Waals surface area (Å²) >= 11 is 0. The predicted octanol–water partition coefficient (Wildman–Crippen LogP) is 4.05. The fourth-order valence-electron chi connectivity index (χ4n) is 3.21. The number of fused-ring (bicyclic) bond motifs is 1. The SMILES string of the molecule is CO/C=C/c1cc(OC)c2c(c1)[C@H](C=O)[C@@H](c1ccc(C)c(OC)c1)O2. The maximum absolute atomic E-state index is 11.9. The van der Waals surface area contributed by atoms with E-state index in [9.17, 15) is 4.79 Å². The van der Waals surface area contributed by atoms with E-state index >= 15 is 0 Å². The molecule has 2 aromatic rings. The molecule has 0 aliphatic carbocycles. The lowest BCUT2D eigenvalue weighted by atomic mass is 9.91. The molecule has 0 spiro atoms. The van der Waals surface area contributed by atoms with Gasteiger partial charge in [-0.05, 0) is 47.9 Å². The Kier molecular flexibility index (Phi) is 5.16. The van der Waals surface area contributed by atoms with E-state index in [1.807, 2.05) is 43.3 Å². The average Bonchev–Trinajstić information content (AvgIpc) is 3.04. The van der Waals surface area contributed by atoms with Crippen LogP contribution in [0.3, 0.4) is 0 Å². The lowest BCUT2D eigenvalue weighted by Gasteiger charge is -2.17. The normalized spacial score (nSPS) is 18.3. The Hall–Kier alpha value is -2.95. The highest BCUT2D eigenvalue weighted by atomic mass is 16.5. The van der Waals surface area contributed by atoms with Gasteiger partial charge in [-0.2, -0.15) is 0 Å². The monoisotopic (exact) mass is 354 g/mol. The molecule has 0 radical (unpaired) electrons. The zero-order chi connectivity index (χ0) is 18.7. The summed E-state index contributed by atoms with van der Waals surface area (Å²) in [4.78, 5) is 11.9.